The van der Waals surface area contributed by atoms with Gasteiger partial charge in [0.1, 0.15) is 0 Å². The minimum atomic E-state index is -3.52. The average molecular weight is 315 g/mol. The van der Waals surface area contributed by atoms with Crippen LogP contribution in [0, 0.1) is 0 Å². The first kappa shape index (κ1) is 15.1. The Morgan fingerprint density at radius 3 is 2.45 bits per heavy atom. The molecule has 0 saturated heterocycles. The molecule has 2 aromatic rings. The van der Waals surface area contributed by atoms with Gasteiger partial charge in [0.15, 0.2) is 0 Å². The summed E-state index contributed by atoms with van der Waals surface area (Å²) in [6.07, 6.45) is 5.19. The van der Waals surface area contributed by atoms with Gasteiger partial charge >= 0.3 is 0 Å². The third-order valence-corrected chi connectivity index (χ3v) is 5.66. The minimum absolute atomic E-state index is 0.318. The van der Waals surface area contributed by atoms with E-state index in [-0.39, 0.29) is 0 Å². The van der Waals surface area contributed by atoms with Crippen LogP contribution in [0.25, 0.3) is 0 Å². The number of sulfonamides is 1. The summed E-state index contributed by atoms with van der Waals surface area (Å²) >= 11 is 0. The van der Waals surface area contributed by atoms with E-state index in [1.165, 1.54) is 12.0 Å². The van der Waals surface area contributed by atoms with E-state index in [0.717, 1.165) is 42.5 Å². The fourth-order valence-electron chi connectivity index (χ4n) is 2.98. The number of nitrogens with one attached hydrogen (secondary N) is 1. The van der Waals surface area contributed by atoms with E-state index in [0.29, 0.717) is 4.90 Å². The molecular weight excluding hydrogens is 294 g/mol. The highest BCUT2D eigenvalue weighted by Gasteiger charge is 2.18. The number of hydrogen-bond donors (Lipinski definition) is 1. The van der Waals surface area contributed by atoms with Gasteiger partial charge in [-0.2, -0.15) is 0 Å². The summed E-state index contributed by atoms with van der Waals surface area (Å²) in [5.74, 6) is 0. The maximum atomic E-state index is 12.6. The van der Waals surface area contributed by atoms with E-state index in [1.807, 2.05) is 24.3 Å². The zero-order valence-corrected chi connectivity index (χ0v) is 13.6. The van der Waals surface area contributed by atoms with Crippen LogP contribution in [0.3, 0.4) is 0 Å². The molecule has 116 valence electrons. The molecule has 0 aliphatic heterocycles. The van der Waals surface area contributed by atoms with E-state index >= 15 is 0 Å². The first-order valence-corrected chi connectivity index (χ1v) is 9.31. The highest BCUT2D eigenvalue weighted by molar-refractivity contribution is 7.92. The van der Waals surface area contributed by atoms with Crippen molar-refractivity contribution in [2.75, 3.05) is 4.72 Å². The maximum Gasteiger partial charge on any atom is 0.261 e. The van der Waals surface area contributed by atoms with Crippen molar-refractivity contribution in [1.29, 1.82) is 0 Å². The summed E-state index contributed by atoms with van der Waals surface area (Å²) in [7, 11) is -3.52. The van der Waals surface area contributed by atoms with Crippen LogP contribution in [0.4, 0.5) is 5.69 Å². The van der Waals surface area contributed by atoms with Gasteiger partial charge in [-0.15, -0.1) is 0 Å². The van der Waals surface area contributed by atoms with Crippen molar-refractivity contribution in [1.82, 2.24) is 0 Å². The van der Waals surface area contributed by atoms with Gasteiger partial charge in [-0.05, 0) is 67.0 Å². The van der Waals surface area contributed by atoms with E-state index < -0.39 is 10.0 Å². The second-order valence-corrected chi connectivity index (χ2v) is 7.44. The molecule has 1 aliphatic carbocycles. The standard InChI is InChI=1S/C18H21NO2S/c1-2-14-10-12-16(13-11-14)22(20,21)19-18-9-5-7-15-6-3-4-8-17(15)18/h5,7,9-13,19H,2-4,6,8H2,1H3. The number of fused-ring (bicyclic) bond motifs is 1. The summed E-state index contributed by atoms with van der Waals surface area (Å²) in [5, 5.41) is 0. The first-order chi connectivity index (χ1) is 10.6. The molecule has 22 heavy (non-hydrogen) atoms. The maximum absolute atomic E-state index is 12.6. The molecule has 2 aromatic carbocycles. The van der Waals surface area contributed by atoms with Crippen molar-refractivity contribution in [3.8, 4) is 0 Å². The quantitative estimate of drug-likeness (QED) is 0.929. The fraction of sp³-hybridized carbons (Fsp3) is 0.333. The van der Waals surface area contributed by atoms with Crippen LogP contribution in [-0.2, 0) is 29.3 Å². The molecule has 1 aliphatic rings. The van der Waals surface area contributed by atoms with Gasteiger partial charge in [0.05, 0.1) is 10.6 Å². The van der Waals surface area contributed by atoms with Crippen LogP contribution in [0.5, 0.6) is 0 Å². The lowest BCUT2D eigenvalue weighted by Crippen LogP contribution is -2.16. The van der Waals surface area contributed by atoms with Crippen molar-refractivity contribution in [3.05, 3.63) is 59.2 Å². The van der Waals surface area contributed by atoms with E-state index in [4.69, 9.17) is 0 Å². The Labute approximate surface area is 132 Å². The molecule has 0 radical (unpaired) electrons. The van der Waals surface area contributed by atoms with Gasteiger partial charge in [0.25, 0.3) is 10.0 Å². The Bertz CT molecular complexity index is 764. The molecule has 3 nitrogen and oxygen atoms in total. The predicted molar refractivity (Wildman–Crippen MR) is 89.7 cm³/mol. The number of aryl methyl sites for hydroxylation is 2. The molecule has 4 heteroatoms. The van der Waals surface area contributed by atoms with Gasteiger partial charge in [-0.25, -0.2) is 8.42 Å². The molecule has 0 aromatic heterocycles. The van der Waals surface area contributed by atoms with Gasteiger partial charge in [0.2, 0.25) is 0 Å². The summed E-state index contributed by atoms with van der Waals surface area (Å²) in [4.78, 5) is 0.318. The summed E-state index contributed by atoms with van der Waals surface area (Å²) in [6.45, 7) is 2.05. The lowest BCUT2D eigenvalue weighted by molar-refractivity contribution is 0.601. The van der Waals surface area contributed by atoms with Gasteiger partial charge in [0, 0.05) is 0 Å². The molecule has 0 bridgehead atoms. The summed E-state index contributed by atoms with van der Waals surface area (Å²) < 4.78 is 27.9. The number of hydrogen-bond acceptors (Lipinski definition) is 2. The molecule has 1 N–H and O–H groups in total. The Hall–Kier alpha value is -1.81. The van der Waals surface area contributed by atoms with Gasteiger partial charge < -0.3 is 0 Å². The molecule has 0 heterocycles. The molecule has 0 amide bonds. The normalized spacial score (nSPS) is 14.4. The zero-order valence-electron chi connectivity index (χ0n) is 12.8. The monoisotopic (exact) mass is 315 g/mol. The Kier molecular flexibility index (Phi) is 4.21. The fourth-order valence-corrected chi connectivity index (χ4v) is 4.08. The van der Waals surface area contributed by atoms with Crippen LogP contribution in [0.2, 0.25) is 0 Å². The smallest absolute Gasteiger partial charge is 0.261 e. The summed E-state index contributed by atoms with van der Waals surface area (Å²) in [6, 6.07) is 13.0. The lowest BCUT2D eigenvalue weighted by atomic mass is 9.91. The summed E-state index contributed by atoms with van der Waals surface area (Å²) in [5.41, 5.74) is 4.29. The van der Waals surface area contributed by atoms with Crippen molar-refractivity contribution >= 4 is 15.7 Å². The molecule has 0 fully saturated rings. The largest absolute Gasteiger partial charge is 0.279 e. The molecule has 3 rings (SSSR count). The SMILES string of the molecule is CCc1ccc(S(=O)(=O)Nc2cccc3c2CCCC3)cc1. The first-order valence-electron chi connectivity index (χ1n) is 7.82. The van der Waals surface area contributed by atoms with Crippen LogP contribution in [0.1, 0.15) is 36.5 Å². The van der Waals surface area contributed by atoms with Crippen molar-refractivity contribution in [2.45, 2.75) is 43.9 Å². The van der Waals surface area contributed by atoms with E-state index in [2.05, 4.69) is 17.7 Å². The minimum Gasteiger partial charge on any atom is -0.279 e. The molecule has 0 unspecified atom stereocenters. The van der Waals surface area contributed by atoms with Crippen molar-refractivity contribution in [2.24, 2.45) is 0 Å². The van der Waals surface area contributed by atoms with Crippen LogP contribution in [0.15, 0.2) is 47.4 Å². The van der Waals surface area contributed by atoms with Crippen LogP contribution < -0.4 is 4.72 Å². The third-order valence-electron chi connectivity index (χ3n) is 4.28. The highest BCUT2D eigenvalue weighted by atomic mass is 32.2. The highest BCUT2D eigenvalue weighted by Crippen LogP contribution is 2.29. The lowest BCUT2D eigenvalue weighted by Gasteiger charge is -2.20. The Morgan fingerprint density at radius 2 is 1.73 bits per heavy atom. The molecule has 0 saturated carbocycles. The van der Waals surface area contributed by atoms with Gasteiger partial charge in [-0.1, -0.05) is 31.2 Å². The molecule has 0 spiro atoms. The van der Waals surface area contributed by atoms with E-state index in [1.54, 1.807) is 12.1 Å². The predicted octanol–water partition coefficient (Wildman–Crippen LogP) is 3.93. The average Bonchev–Trinajstić information content (AvgIpc) is 2.55. The number of benzene rings is 2. The zero-order chi connectivity index (χ0) is 15.6. The van der Waals surface area contributed by atoms with E-state index in [9.17, 15) is 8.42 Å². The second kappa shape index (κ2) is 6.13. The second-order valence-electron chi connectivity index (χ2n) is 5.75. The Morgan fingerprint density at radius 1 is 1.00 bits per heavy atom. The van der Waals surface area contributed by atoms with Gasteiger partial charge in [-0.3, -0.25) is 4.72 Å². The Balaban J connectivity index is 1.91. The molecule has 0 atom stereocenters. The van der Waals surface area contributed by atoms with Crippen LogP contribution in [-0.4, -0.2) is 8.42 Å². The van der Waals surface area contributed by atoms with Crippen LogP contribution >= 0.6 is 0 Å². The topological polar surface area (TPSA) is 46.2 Å². The van der Waals surface area contributed by atoms with Crippen molar-refractivity contribution < 1.29 is 8.42 Å². The third kappa shape index (κ3) is 3.02. The van der Waals surface area contributed by atoms with Crippen molar-refractivity contribution in [3.63, 3.8) is 0 Å². The number of rotatable bonds is 4. The number of anilines is 1. The molecular formula is C18H21NO2S.